The fraction of sp³-hybridized carbons (Fsp3) is 0.375. The first kappa shape index (κ1) is 20.9. The van der Waals surface area contributed by atoms with E-state index in [4.69, 9.17) is 14.0 Å². The van der Waals surface area contributed by atoms with Gasteiger partial charge in [-0.1, -0.05) is 29.4 Å². The molecule has 7 heteroatoms. The summed E-state index contributed by atoms with van der Waals surface area (Å²) in [5, 5.41) is 4.05. The summed E-state index contributed by atoms with van der Waals surface area (Å²) in [5.41, 5.74) is 2.29. The van der Waals surface area contributed by atoms with Gasteiger partial charge in [0.25, 0.3) is 0 Å². The van der Waals surface area contributed by atoms with Gasteiger partial charge in [-0.25, -0.2) is 0 Å². The standard InChI is InChI=1S/C24H27N3O4/c1-17-4-3-5-21(14-17)30-13-12-22-25-24(31-26-22)19-15-27(16-19)23(28)11-8-18-6-9-20(29-2)10-7-18/h3-7,9-10,14,19H,8,11-13,15-16H2,1-2H3. The molecular formula is C24H27N3O4. The zero-order valence-corrected chi connectivity index (χ0v) is 17.9. The van der Waals surface area contributed by atoms with Gasteiger partial charge in [0.2, 0.25) is 11.8 Å². The third kappa shape index (κ3) is 5.42. The lowest BCUT2D eigenvalue weighted by atomic mass is 9.99. The third-order valence-corrected chi connectivity index (χ3v) is 5.44. The minimum Gasteiger partial charge on any atom is -0.497 e. The van der Waals surface area contributed by atoms with Gasteiger partial charge < -0.3 is 18.9 Å². The Hall–Kier alpha value is -3.35. The Labute approximate surface area is 182 Å². The monoisotopic (exact) mass is 421 g/mol. The largest absolute Gasteiger partial charge is 0.497 e. The highest BCUT2D eigenvalue weighted by molar-refractivity contribution is 5.77. The van der Waals surface area contributed by atoms with E-state index in [2.05, 4.69) is 10.1 Å². The van der Waals surface area contributed by atoms with Crippen molar-refractivity contribution in [3.8, 4) is 11.5 Å². The average Bonchev–Trinajstić information content (AvgIpc) is 3.20. The molecule has 2 heterocycles. The molecule has 0 atom stereocenters. The lowest BCUT2D eigenvalue weighted by Gasteiger charge is -2.37. The van der Waals surface area contributed by atoms with E-state index in [-0.39, 0.29) is 11.8 Å². The fourth-order valence-corrected chi connectivity index (χ4v) is 3.54. The number of hydrogen-bond donors (Lipinski definition) is 0. The second-order valence-electron chi connectivity index (χ2n) is 7.81. The van der Waals surface area contributed by atoms with E-state index >= 15 is 0 Å². The topological polar surface area (TPSA) is 77.7 Å². The van der Waals surface area contributed by atoms with Gasteiger partial charge in [-0.05, 0) is 48.7 Å². The van der Waals surface area contributed by atoms with Crippen LogP contribution >= 0.6 is 0 Å². The van der Waals surface area contributed by atoms with Crippen molar-refractivity contribution in [2.45, 2.75) is 32.1 Å². The first-order chi connectivity index (χ1) is 15.1. The van der Waals surface area contributed by atoms with Crippen LogP contribution in [0.3, 0.4) is 0 Å². The van der Waals surface area contributed by atoms with E-state index in [9.17, 15) is 4.79 Å². The molecule has 0 bridgehead atoms. The molecule has 0 spiro atoms. The van der Waals surface area contributed by atoms with Gasteiger partial charge in [0, 0.05) is 25.9 Å². The number of amides is 1. The molecule has 3 aromatic rings. The van der Waals surface area contributed by atoms with Crippen LogP contribution in [0.2, 0.25) is 0 Å². The lowest BCUT2D eigenvalue weighted by molar-refractivity contribution is -0.135. The molecule has 1 aliphatic heterocycles. The van der Waals surface area contributed by atoms with Crippen LogP contribution in [-0.2, 0) is 17.6 Å². The quantitative estimate of drug-likeness (QED) is 0.526. The lowest BCUT2D eigenvalue weighted by Crippen LogP contribution is -2.48. The van der Waals surface area contributed by atoms with Crippen molar-refractivity contribution in [3.05, 3.63) is 71.4 Å². The van der Waals surface area contributed by atoms with Crippen molar-refractivity contribution in [1.82, 2.24) is 15.0 Å². The minimum absolute atomic E-state index is 0.115. The van der Waals surface area contributed by atoms with Crippen LogP contribution in [0, 0.1) is 6.92 Å². The first-order valence-electron chi connectivity index (χ1n) is 10.5. The van der Waals surface area contributed by atoms with Crippen LogP contribution in [0.4, 0.5) is 0 Å². The number of ether oxygens (including phenoxy) is 2. The van der Waals surface area contributed by atoms with Crippen LogP contribution < -0.4 is 9.47 Å². The van der Waals surface area contributed by atoms with Crippen LogP contribution in [0.25, 0.3) is 0 Å². The van der Waals surface area contributed by atoms with E-state index in [0.717, 1.165) is 29.0 Å². The Balaban J connectivity index is 1.18. The van der Waals surface area contributed by atoms with E-state index in [1.165, 1.54) is 0 Å². The molecule has 0 aliphatic carbocycles. The molecule has 0 radical (unpaired) electrons. The molecule has 1 saturated heterocycles. The Morgan fingerprint density at radius 3 is 2.68 bits per heavy atom. The van der Waals surface area contributed by atoms with Gasteiger partial charge in [-0.15, -0.1) is 0 Å². The molecule has 4 rings (SSSR count). The molecule has 1 aromatic heterocycles. The second kappa shape index (κ2) is 9.64. The van der Waals surface area contributed by atoms with E-state index in [0.29, 0.717) is 44.3 Å². The molecule has 1 aliphatic rings. The van der Waals surface area contributed by atoms with Gasteiger partial charge in [0.1, 0.15) is 11.5 Å². The normalized spacial score (nSPS) is 13.7. The van der Waals surface area contributed by atoms with Gasteiger partial charge >= 0.3 is 0 Å². The van der Waals surface area contributed by atoms with E-state index in [1.54, 1.807) is 7.11 Å². The van der Waals surface area contributed by atoms with Crippen molar-refractivity contribution in [3.63, 3.8) is 0 Å². The fourth-order valence-electron chi connectivity index (χ4n) is 3.54. The highest BCUT2D eigenvalue weighted by Crippen LogP contribution is 2.26. The highest BCUT2D eigenvalue weighted by atomic mass is 16.5. The number of carbonyl (C=O) groups excluding carboxylic acids is 1. The van der Waals surface area contributed by atoms with Crippen molar-refractivity contribution >= 4 is 5.91 Å². The SMILES string of the molecule is COc1ccc(CCC(=O)N2CC(c3nc(CCOc4cccc(C)c4)no3)C2)cc1. The summed E-state index contributed by atoms with van der Waals surface area (Å²) in [6.45, 7) is 3.78. The predicted octanol–water partition coefficient (Wildman–Crippen LogP) is 3.57. The maximum atomic E-state index is 12.4. The van der Waals surface area contributed by atoms with Crippen LogP contribution in [0.1, 0.15) is 35.2 Å². The second-order valence-corrected chi connectivity index (χ2v) is 7.81. The Kier molecular flexibility index (Phi) is 6.50. The summed E-state index contributed by atoms with van der Waals surface area (Å²) in [7, 11) is 1.64. The molecule has 162 valence electrons. The number of benzene rings is 2. The molecule has 0 N–H and O–H groups in total. The summed E-state index contributed by atoms with van der Waals surface area (Å²) < 4.78 is 16.3. The number of methoxy groups -OCH3 is 1. The van der Waals surface area contributed by atoms with Crippen LogP contribution in [-0.4, -0.2) is 47.8 Å². The molecular weight excluding hydrogens is 394 g/mol. The molecule has 31 heavy (non-hydrogen) atoms. The number of likely N-dealkylation sites (tertiary alicyclic amines) is 1. The van der Waals surface area contributed by atoms with Gasteiger partial charge in [0.15, 0.2) is 5.82 Å². The Morgan fingerprint density at radius 2 is 1.94 bits per heavy atom. The molecule has 1 amide bonds. The smallest absolute Gasteiger partial charge is 0.233 e. The number of aromatic nitrogens is 2. The maximum Gasteiger partial charge on any atom is 0.233 e. The number of carbonyl (C=O) groups is 1. The van der Waals surface area contributed by atoms with Crippen molar-refractivity contribution < 1.29 is 18.8 Å². The van der Waals surface area contributed by atoms with Gasteiger partial charge in [0.05, 0.1) is 19.6 Å². The summed E-state index contributed by atoms with van der Waals surface area (Å²) in [5.74, 6) is 3.16. The number of hydrogen-bond acceptors (Lipinski definition) is 6. The third-order valence-electron chi connectivity index (χ3n) is 5.44. The zero-order chi connectivity index (χ0) is 21.6. The van der Waals surface area contributed by atoms with Crippen molar-refractivity contribution in [2.24, 2.45) is 0 Å². The minimum atomic E-state index is 0.115. The van der Waals surface area contributed by atoms with Gasteiger partial charge in [-0.2, -0.15) is 4.98 Å². The van der Waals surface area contributed by atoms with Crippen LogP contribution in [0.15, 0.2) is 53.1 Å². The maximum absolute atomic E-state index is 12.4. The Morgan fingerprint density at radius 1 is 1.13 bits per heavy atom. The average molecular weight is 421 g/mol. The molecule has 1 fully saturated rings. The highest BCUT2D eigenvalue weighted by Gasteiger charge is 2.35. The van der Waals surface area contributed by atoms with E-state index in [1.807, 2.05) is 60.4 Å². The molecule has 2 aromatic carbocycles. The number of aryl methyl sites for hydroxylation is 2. The van der Waals surface area contributed by atoms with Crippen molar-refractivity contribution in [1.29, 1.82) is 0 Å². The van der Waals surface area contributed by atoms with Gasteiger partial charge in [-0.3, -0.25) is 4.79 Å². The van der Waals surface area contributed by atoms with E-state index < -0.39 is 0 Å². The summed E-state index contributed by atoms with van der Waals surface area (Å²) in [4.78, 5) is 18.7. The number of nitrogens with zero attached hydrogens (tertiary/aromatic N) is 3. The first-order valence-corrected chi connectivity index (χ1v) is 10.5. The molecule has 0 saturated carbocycles. The Bertz CT molecular complexity index is 1010. The summed E-state index contributed by atoms with van der Waals surface area (Å²) >= 11 is 0. The summed E-state index contributed by atoms with van der Waals surface area (Å²) in [6, 6.07) is 15.7. The van der Waals surface area contributed by atoms with Crippen molar-refractivity contribution in [2.75, 3.05) is 26.8 Å². The molecule has 0 unspecified atom stereocenters. The summed E-state index contributed by atoms with van der Waals surface area (Å²) in [6.07, 6.45) is 1.79. The zero-order valence-electron chi connectivity index (χ0n) is 17.9. The molecule has 7 nitrogen and oxygen atoms in total. The van der Waals surface area contributed by atoms with Crippen LogP contribution in [0.5, 0.6) is 11.5 Å². The number of rotatable bonds is 9. The predicted molar refractivity (Wildman–Crippen MR) is 115 cm³/mol.